The summed E-state index contributed by atoms with van der Waals surface area (Å²) in [6, 6.07) is 3.74. The summed E-state index contributed by atoms with van der Waals surface area (Å²) in [6.45, 7) is 5.08. The molecule has 1 aromatic rings. The number of carbonyl (C=O) groups is 2. The first-order valence-corrected chi connectivity index (χ1v) is 7.06. The summed E-state index contributed by atoms with van der Waals surface area (Å²) in [6.07, 6.45) is 0. The lowest BCUT2D eigenvalue weighted by Crippen LogP contribution is -2.49. The van der Waals surface area contributed by atoms with Crippen LogP contribution in [0.4, 0.5) is 4.39 Å². The van der Waals surface area contributed by atoms with Crippen molar-refractivity contribution >= 4 is 23.4 Å². The number of nitrogens with one attached hydrogen (secondary N) is 1. The summed E-state index contributed by atoms with van der Waals surface area (Å²) in [4.78, 5) is 24.9. The molecule has 2 amide bonds. The lowest BCUT2D eigenvalue weighted by molar-refractivity contribution is -0.136. The number of halogens is 2. The molecule has 1 atom stereocenters. The van der Waals surface area contributed by atoms with Crippen molar-refractivity contribution in [3.8, 4) is 0 Å². The zero-order valence-electron chi connectivity index (χ0n) is 12.6. The average Bonchev–Trinajstić information content (AvgIpc) is 2.39. The summed E-state index contributed by atoms with van der Waals surface area (Å²) in [7, 11) is 1.56. The number of hydrogen-bond donors (Lipinski definition) is 1. The minimum absolute atomic E-state index is 0.0488. The number of carbonyl (C=O) groups excluding carboxylic acids is 2. The van der Waals surface area contributed by atoms with E-state index in [0.29, 0.717) is 0 Å². The molecule has 1 rings (SSSR count). The maximum Gasteiger partial charge on any atom is 0.245 e. The molecular formula is C15H20ClFN2O2. The number of rotatable bonds is 5. The van der Waals surface area contributed by atoms with Gasteiger partial charge in [-0.05, 0) is 18.1 Å². The number of likely N-dealkylation sites (N-methyl/N-ethyl adjacent to an activating group) is 1. The van der Waals surface area contributed by atoms with Gasteiger partial charge >= 0.3 is 0 Å². The van der Waals surface area contributed by atoms with E-state index in [1.165, 1.54) is 24.0 Å². The normalized spacial score (nSPS) is 12.1. The summed E-state index contributed by atoms with van der Waals surface area (Å²) in [5.41, 5.74) is 0.264. The molecule has 6 heteroatoms. The summed E-state index contributed by atoms with van der Waals surface area (Å²) in [5, 5.41) is 2.89. The van der Waals surface area contributed by atoms with Crippen LogP contribution in [0.2, 0.25) is 5.02 Å². The van der Waals surface area contributed by atoms with Crippen molar-refractivity contribution in [1.82, 2.24) is 10.2 Å². The van der Waals surface area contributed by atoms with Crippen LogP contribution in [0, 0.1) is 11.7 Å². The van der Waals surface area contributed by atoms with E-state index < -0.39 is 11.9 Å². The minimum Gasteiger partial charge on any atom is -0.344 e. The zero-order chi connectivity index (χ0) is 16.2. The fraction of sp³-hybridized carbons (Fsp3) is 0.467. The molecule has 0 unspecified atom stereocenters. The Hall–Kier alpha value is -1.62. The van der Waals surface area contributed by atoms with Crippen LogP contribution < -0.4 is 5.32 Å². The van der Waals surface area contributed by atoms with Gasteiger partial charge in [0.2, 0.25) is 11.8 Å². The van der Waals surface area contributed by atoms with Gasteiger partial charge in [0.05, 0.1) is 0 Å². The van der Waals surface area contributed by atoms with Gasteiger partial charge in [-0.3, -0.25) is 9.59 Å². The van der Waals surface area contributed by atoms with E-state index in [4.69, 9.17) is 11.6 Å². The van der Waals surface area contributed by atoms with E-state index in [2.05, 4.69) is 5.32 Å². The van der Waals surface area contributed by atoms with Crippen LogP contribution in [-0.2, 0) is 16.1 Å². The largest absolute Gasteiger partial charge is 0.344 e. The van der Waals surface area contributed by atoms with Gasteiger partial charge in [-0.1, -0.05) is 31.5 Å². The Morgan fingerprint density at radius 2 is 2.00 bits per heavy atom. The smallest absolute Gasteiger partial charge is 0.245 e. The molecule has 0 aliphatic heterocycles. The first-order chi connectivity index (χ1) is 9.73. The number of nitrogens with zero attached hydrogens (tertiary/aromatic N) is 1. The second-order valence-electron chi connectivity index (χ2n) is 5.32. The van der Waals surface area contributed by atoms with Crippen molar-refractivity contribution in [3.05, 3.63) is 34.6 Å². The molecule has 1 aromatic carbocycles. The fourth-order valence-corrected chi connectivity index (χ4v) is 2.19. The second kappa shape index (κ2) is 7.41. The maximum atomic E-state index is 13.8. The molecule has 0 bridgehead atoms. The SMILES string of the molecule is CC(=O)N[C@H](C(=O)N(C)Cc1c(F)cccc1Cl)C(C)C. The van der Waals surface area contributed by atoms with Gasteiger partial charge in [-0.2, -0.15) is 0 Å². The highest BCUT2D eigenvalue weighted by atomic mass is 35.5. The Balaban J connectivity index is 2.89. The van der Waals surface area contributed by atoms with E-state index in [-0.39, 0.29) is 34.9 Å². The van der Waals surface area contributed by atoms with Gasteiger partial charge in [-0.25, -0.2) is 4.39 Å². The predicted molar refractivity (Wildman–Crippen MR) is 80.3 cm³/mol. The van der Waals surface area contributed by atoms with Crippen LogP contribution in [0.5, 0.6) is 0 Å². The topological polar surface area (TPSA) is 49.4 Å². The number of hydrogen-bond acceptors (Lipinski definition) is 2. The van der Waals surface area contributed by atoms with Crippen molar-refractivity contribution in [1.29, 1.82) is 0 Å². The molecule has 0 heterocycles. The monoisotopic (exact) mass is 314 g/mol. The molecule has 0 fully saturated rings. The third-order valence-electron chi connectivity index (χ3n) is 3.12. The highest BCUT2D eigenvalue weighted by molar-refractivity contribution is 6.31. The fourth-order valence-electron chi connectivity index (χ4n) is 1.97. The van der Waals surface area contributed by atoms with Crippen LogP contribution in [0.3, 0.4) is 0 Å². The molecule has 0 spiro atoms. The van der Waals surface area contributed by atoms with Gasteiger partial charge in [-0.15, -0.1) is 0 Å². The Bertz CT molecular complexity index is 514. The highest BCUT2D eigenvalue weighted by Crippen LogP contribution is 2.21. The summed E-state index contributed by atoms with van der Waals surface area (Å²) >= 11 is 5.96. The van der Waals surface area contributed by atoms with Crippen molar-refractivity contribution < 1.29 is 14.0 Å². The maximum absolute atomic E-state index is 13.8. The molecule has 0 radical (unpaired) electrons. The van der Waals surface area contributed by atoms with Crippen LogP contribution in [0.1, 0.15) is 26.3 Å². The molecule has 1 N–H and O–H groups in total. The van der Waals surface area contributed by atoms with Gasteiger partial charge < -0.3 is 10.2 Å². The van der Waals surface area contributed by atoms with Crippen LogP contribution in [0.25, 0.3) is 0 Å². The van der Waals surface area contributed by atoms with Crippen molar-refractivity contribution in [2.24, 2.45) is 5.92 Å². The molecule has 116 valence electrons. The van der Waals surface area contributed by atoms with Gasteiger partial charge in [0.25, 0.3) is 0 Å². The Morgan fingerprint density at radius 1 is 1.38 bits per heavy atom. The van der Waals surface area contributed by atoms with E-state index in [1.54, 1.807) is 13.1 Å². The zero-order valence-corrected chi connectivity index (χ0v) is 13.4. The van der Waals surface area contributed by atoms with Crippen molar-refractivity contribution in [2.45, 2.75) is 33.4 Å². The highest BCUT2D eigenvalue weighted by Gasteiger charge is 2.26. The summed E-state index contributed by atoms with van der Waals surface area (Å²) < 4.78 is 13.8. The molecule has 4 nitrogen and oxygen atoms in total. The molecular weight excluding hydrogens is 295 g/mol. The number of benzene rings is 1. The molecule has 0 aliphatic rings. The van der Waals surface area contributed by atoms with Crippen molar-refractivity contribution in [2.75, 3.05) is 7.05 Å². The molecule has 0 aliphatic carbocycles. The third kappa shape index (κ3) is 4.70. The van der Waals surface area contributed by atoms with Gasteiger partial charge in [0.15, 0.2) is 0 Å². The quantitative estimate of drug-likeness (QED) is 0.908. The Morgan fingerprint density at radius 3 is 2.48 bits per heavy atom. The van der Waals surface area contributed by atoms with Crippen LogP contribution >= 0.6 is 11.6 Å². The van der Waals surface area contributed by atoms with E-state index in [9.17, 15) is 14.0 Å². The Labute approximate surface area is 129 Å². The van der Waals surface area contributed by atoms with Gasteiger partial charge in [0, 0.05) is 31.1 Å². The first kappa shape index (κ1) is 17.4. The lowest BCUT2D eigenvalue weighted by Gasteiger charge is -2.27. The second-order valence-corrected chi connectivity index (χ2v) is 5.72. The van der Waals surface area contributed by atoms with Crippen LogP contribution in [0.15, 0.2) is 18.2 Å². The van der Waals surface area contributed by atoms with Gasteiger partial charge in [0.1, 0.15) is 11.9 Å². The molecule has 0 aromatic heterocycles. The lowest BCUT2D eigenvalue weighted by atomic mass is 10.0. The number of amides is 2. The van der Waals surface area contributed by atoms with E-state index >= 15 is 0 Å². The third-order valence-corrected chi connectivity index (χ3v) is 3.48. The standard InChI is InChI=1S/C15H20ClFN2O2/c1-9(2)14(18-10(3)20)15(21)19(4)8-11-12(16)6-5-7-13(11)17/h5-7,9,14H,8H2,1-4H3,(H,18,20)/t14-/m0/s1. The minimum atomic E-state index is -0.641. The summed E-state index contributed by atoms with van der Waals surface area (Å²) in [5.74, 6) is -1.08. The van der Waals surface area contributed by atoms with Crippen molar-refractivity contribution in [3.63, 3.8) is 0 Å². The molecule has 21 heavy (non-hydrogen) atoms. The first-order valence-electron chi connectivity index (χ1n) is 6.69. The van der Waals surface area contributed by atoms with E-state index in [1.807, 2.05) is 13.8 Å². The van der Waals surface area contributed by atoms with E-state index in [0.717, 1.165) is 0 Å². The predicted octanol–water partition coefficient (Wildman–Crippen LogP) is 2.60. The van der Waals surface area contributed by atoms with Crippen LogP contribution in [-0.4, -0.2) is 29.8 Å². The average molecular weight is 315 g/mol. The molecule has 0 saturated carbocycles. The molecule has 0 saturated heterocycles. The Kier molecular flexibility index (Phi) is 6.15.